The Balaban J connectivity index is 1.39. The van der Waals surface area contributed by atoms with Crippen molar-refractivity contribution in [3.8, 4) is 27.6 Å². The molecule has 0 radical (unpaired) electrons. The highest BCUT2D eigenvalue weighted by Crippen LogP contribution is 2.29. The number of nitrogens with one attached hydrogen (secondary N) is 2. The van der Waals surface area contributed by atoms with E-state index < -0.39 is 0 Å². The Kier molecular flexibility index (Phi) is 6.06. The molecule has 2 N–H and O–H groups in total. The number of hydrogen-bond donors (Lipinski definition) is 2. The molecule has 3 aromatic carbocycles. The van der Waals surface area contributed by atoms with Crippen molar-refractivity contribution < 1.29 is 9.53 Å². The molecule has 0 saturated carbocycles. The number of amides is 2. The molecule has 0 aliphatic carbocycles. The van der Waals surface area contributed by atoms with Crippen molar-refractivity contribution in [2.75, 3.05) is 12.4 Å². The summed E-state index contributed by atoms with van der Waals surface area (Å²) in [6.45, 7) is 0.433. The summed E-state index contributed by atoms with van der Waals surface area (Å²) in [6, 6.07) is 25.1. The van der Waals surface area contributed by atoms with Crippen LogP contribution in [0.15, 0.2) is 84.2 Å². The SMILES string of the molecule is COc1ccc(CNC(=O)Nc2cccc(-c3csc(-c4ccccc4)n3)c2)cc1. The monoisotopic (exact) mass is 415 g/mol. The number of aromatic nitrogens is 1. The fourth-order valence-corrected chi connectivity index (χ4v) is 3.81. The Morgan fingerprint density at radius 1 is 0.967 bits per heavy atom. The third-order valence-corrected chi connectivity index (χ3v) is 5.44. The van der Waals surface area contributed by atoms with Gasteiger partial charge >= 0.3 is 6.03 Å². The Morgan fingerprint density at radius 2 is 1.73 bits per heavy atom. The van der Waals surface area contributed by atoms with Gasteiger partial charge in [0.2, 0.25) is 0 Å². The normalized spacial score (nSPS) is 10.4. The average Bonchev–Trinajstić information content (AvgIpc) is 3.29. The zero-order valence-electron chi connectivity index (χ0n) is 16.5. The summed E-state index contributed by atoms with van der Waals surface area (Å²) >= 11 is 1.61. The van der Waals surface area contributed by atoms with Crippen LogP contribution in [0.1, 0.15) is 5.56 Å². The first-order valence-corrected chi connectivity index (χ1v) is 10.4. The van der Waals surface area contributed by atoms with Gasteiger partial charge in [0.05, 0.1) is 12.8 Å². The number of ether oxygens (including phenoxy) is 1. The summed E-state index contributed by atoms with van der Waals surface area (Å²) in [7, 11) is 1.63. The van der Waals surface area contributed by atoms with Gasteiger partial charge in [-0.1, -0.05) is 54.6 Å². The van der Waals surface area contributed by atoms with Gasteiger partial charge in [-0.2, -0.15) is 0 Å². The van der Waals surface area contributed by atoms with E-state index in [4.69, 9.17) is 9.72 Å². The molecule has 30 heavy (non-hydrogen) atoms. The molecule has 0 unspecified atom stereocenters. The van der Waals surface area contributed by atoms with E-state index in [9.17, 15) is 4.79 Å². The van der Waals surface area contributed by atoms with Gasteiger partial charge in [-0.3, -0.25) is 0 Å². The van der Waals surface area contributed by atoms with Gasteiger partial charge in [-0.15, -0.1) is 11.3 Å². The molecule has 0 spiro atoms. The molecular weight excluding hydrogens is 394 g/mol. The highest BCUT2D eigenvalue weighted by atomic mass is 32.1. The molecule has 2 amide bonds. The summed E-state index contributed by atoms with van der Waals surface area (Å²) in [5.41, 5.74) is 4.66. The summed E-state index contributed by atoms with van der Waals surface area (Å²) < 4.78 is 5.14. The van der Waals surface area contributed by atoms with Crippen molar-refractivity contribution in [3.05, 3.63) is 89.8 Å². The molecule has 6 heteroatoms. The molecule has 0 atom stereocenters. The Morgan fingerprint density at radius 3 is 2.50 bits per heavy atom. The molecule has 0 aliphatic heterocycles. The van der Waals surface area contributed by atoms with Crippen LogP contribution in [-0.2, 0) is 6.54 Å². The predicted molar refractivity (Wildman–Crippen MR) is 122 cm³/mol. The first kappa shape index (κ1) is 19.7. The molecule has 0 bridgehead atoms. The zero-order valence-corrected chi connectivity index (χ0v) is 17.3. The van der Waals surface area contributed by atoms with E-state index in [-0.39, 0.29) is 6.03 Å². The number of methoxy groups -OCH3 is 1. The van der Waals surface area contributed by atoms with Crippen LogP contribution in [0, 0.1) is 0 Å². The van der Waals surface area contributed by atoms with E-state index in [1.807, 2.05) is 84.2 Å². The first-order valence-electron chi connectivity index (χ1n) is 9.50. The topological polar surface area (TPSA) is 63.2 Å². The van der Waals surface area contributed by atoms with E-state index in [0.29, 0.717) is 12.2 Å². The predicted octanol–water partition coefficient (Wildman–Crippen LogP) is 5.81. The fraction of sp³-hybridized carbons (Fsp3) is 0.0833. The van der Waals surface area contributed by atoms with E-state index >= 15 is 0 Å². The third kappa shape index (κ3) is 4.85. The summed E-state index contributed by atoms with van der Waals surface area (Å²) in [6.07, 6.45) is 0. The molecule has 0 fully saturated rings. The van der Waals surface area contributed by atoms with E-state index in [1.54, 1.807) is 18.4 Å². The molecule has 1 heterocycles. The van der Waals surface area contributed by atoms with Crippen LogP contribution in [-0.4, -0.2) is 18.1 Å². The number of anilines is 1. The molecule has 5 nitrogen and oxygen atoms in total. The molecule has 4 rings (SSSR count). The van der Waals surface area contributed by atoms with Crippen LogP contribution in [0.5, 0.6) is 5.75 Å². The Bertz CT molecular complexity index is 1120. The Labute approximate surface area is 179 Å². The van der Waals surface area contributed by atoms with Crippen molar-refractivity contribution in [1.82, 2.24) is 10.3 Å². The van der Waals surface area contributed by atoms with Crippen LogP contribution in [0.25, 0.3) is 21.8 Å². The van der Waals surface area contributed by atoms with Gasteiger partial charge in [-0.25, -0.2) is 9.78 Å². The fourth-order valence-electron chi connectivity index (χ4n) is 2.98. The van der Waals surface area contributed by atoms with E-state index in [1.165, 1.54) is 0 Å². The molecule has 1 aromatic heterocycles. The lowest BCUT2D eigenvalue weighted by atomic mass is 10.1. The number of thiazole rings is 1. The largest absolute Gasteiger partial charge is 0.497 e. The number of urea groups is 1. The second-order valence-electron chi connectivity index (χ2n) is 6.64. The first-order chi connectivity index (χ1) is 14.7. The summed E-state index contributed by atoms with van der Waals surface area (Å²) in [4.78, 5) is 17.0. The van der Waals surface area contributed by atoms with Crippen LogP contribution in [0.2, 0.25) is 0 Å². The van der Waals surface area contributed by atoms with Crippen molar-refractivity contribution in [3.63, 3.8) is 0 Å². The molecular formula is C24H21N3O2S. The molecule has 0 aliphatic rings. The average molecular weight is 416 g/mol. The number of hydrogen-bond acceptors (Lipinski definition) is 4. The quantitative estimate of drug-likeness (QED) is 0.418. The number of rotatable bonds is 6. The minimum Gasteiger partial charge on any atom is -0.497 e. The van der Waals surface area contributed by atoms with Gasteiger partial charge in [0.15, 0.2) is 0 Å². The second kappa shape index (κ2) is 9.24. The summed E-state index contributed by atoms with van der Waals surface area (Å²) in [5.74, 6) is 0.789. The van der Waals surface area contributed by atoms with Crippen molar-refractivity contribution in [1.29, 1.82) is 0 Å². The maximum atomic E-state index is 12.3. The van der Waals surface area contributed by atoms with Crippen molar-refractivity contribution in [2.45, 2.75) is 6.54 Å². The number of carbonyl (C=O) groups is 1. The molecule has 0 saturated heterocycles. The van der Waals surface area contributed by atoms with Gasteiger partial charge in [0, 0.05) is 28.7 Å². The minimum atomic E-state index is -0.258. The van der Waals surface area contributed by atoms with E-state index in [2.05, 4.69) is 10.6 Å². The van der Waals surface area contributed by atoms with Gasteiger partial charge < -0.3 is 15.4 Å². The highest BCUT2D eigenvalue weighted by molar-refractivity contribution is 7.13. The second-order valence-corrected chi connectivity index (χ2v) is 7.50. The van der Waals surface area contributed by atoms with E-state index in [0.717, 1.165) is 33.1 Å². The number of benzene rings is 3. The smallest absolute Gasteiger partial charge is 0.319 e. The standard InChI is InChI=1S/C24H21N3O2S/c1-29-21-12-10-17(11-13-21)15-25-24(28)26-20-9-5-8-19(14-20)22-16-30-23(27-22)18-6-3-2-4-7-18/h2-14,16H,15H2,1H3,(H2,25,26,28). The van der Waals surface area contributed by atoms with Crippen LogP contribution >= 0.6 is 11.3 Å². The lowest BCUT2D eigenvalue weighted by molar-refractivity contribution is 0.251. The lowest BCUT2D eigenvalue weighted by Gasteiger charge is -2.09. The lowest BCUT2D eigenvalue weighted by Crippen LogP contribution is -2.28. The molecule has 150 valence electrons. The maximum Gasteiger partial charge on any atom is 0.319 e. The zero-order chi connectivity index (χ0) is 20.8. The van der Waals surface area contributed by atoms with Crippen molar-refractivity contribution >= 4 is 23.1 Å². The van der Waals surface area contributed by atoms with Crippen molar-refractivity contribution in [2.24, 2.45) is 0 Å². The maximum absolute atomic E-state index is 12.3. The van der Waals surface area contributed by atoms with Gasteiger partial charge in [-0.05, 0) is 29.8 Å². The minimum absolute atomic E-state index is 0.258. The number of nitrogens with zero attached hydrogens (tertiary/aromatic N) is 1. The van der Waals surface area contributed by atoms with Crippen LogP contribution in [0.4, 0.5) is 10.5 Å². The third-order valence-electron chi connectivity index (χ3n) is 4.55. The highest BCUT2D eigenvalue weighted by Gasteiger charge is 2.08. The Hall–Kier alpha value is -3.64. The van der Waals surface area contributed by atoms with Gasteiger partial charge in [0.25, 0.3) is 0 Å². The molecule has 4 aromatic rings. The number of carbonyl (C=O) groups excluding carboxylic acids is 1. The van der Waals surface area contributed by atoms with Gasteiger partial charge in [0.1, 0.15) is 10.8 Å². The van der Waals surface area contributed by atoms with Crippen LogP contribution < -0.4 is 15.4 Å². The summed E-state index contributed by atoms with van der Waals surface area (Å²) in [5, 5.41) is 8.76. The van der Waals surface area contributed by atoms with Crippen LogP contribution in [0.3, 0.4) is 0 Å².